The largest absolute Gasteiger partial charge is 0.497 e. The molecule has 0 fully saturated rings. The molecule has 0 aliphatic heterocycles. The lowest BCUT2D eigenvalue weighted by atomic mass is 10.1. The summed E-state index contributed by atoms with van der Waals surface area (Å²) in [7, 11) is -1.05. The number of sulfonamides is 1. The number of nitrogens with one attached hydrogen (secondary N) is 1. The minimum absolute atomic E-state index is 0.109. The Balaban J connectivity index is 2.49. The molecule has 1 N–H and O–H groups in total. The fourth-order valence-electron chi connectivity index (χ4n) is 3.43. The van der Waals surface area contributed by atoms with Gasteiger partial charge in [-0.25, -0.2) is 8.42 Å². The second kappa shape index (κ2) is 12.0. The van der Waals surface area contributed by atoms with Crippen molar-refractivity contribution in [1.82, 2.24) is 10.2 Å². The van der Waals surface area contributed by atoms with E-state index in [9.17, 15) is 18.0 Å². The van der Waals surface area contributed by atoms with E-state index in [1.807, 2.05) is 45.0 Å². The van der Waals surface area contributed by atoms with Gasteiger partial charge in [0.15, 0.2) is 0 Å². The highest BCUT2D eigenvalue weighted by Gasteiger charge is 2.32. The van der Waals surface area contributed by atoms with Crippen LogP contribution in [0.15, 0.2) is 46.9 Å². The van der Waals surface area contributed by atoms with Gasteiger partial charge >= 0.3 is 0 Å². The van der Waals surface area contributed by atoms with Gasteiger partial charge in [0.1, 0.15) is 24.1 Å². The molecule has 2 aromatic carbocycles. The van der Waals surface area contributed by atoms with Crippen molar-refractivity contribution in [2.45, 2.75) is 45.8 Å². The monoisotopic (exact) mass is 583 g/mol. The van der Waals surface area contributed by atoms with E-state index in [2.05, 4.69) is 21.2 Å². The number of hydrogen-bond donors (Lipinski definition) is 1. The fourth-order valence-corrected chi connectivity index (χ4v) is 4.54. The highest BCUT2D eigenvalue weighted by atomic mass is 79.9. The quantitative estimate of drug-likeness (QED) is 0.458. The summed E-state index contributed by atoms with van der Waals surface area (Å²) in [4.78, 5) is 28.0. The molecule has 0 unspecified atom stereocenters. The van der Waals surface area contributed by atoms with E-state index in [4.69, 9.17) is 9.47 Å². The molecule has 0 aromatic heterocycles. The van der Waals surface area contributed by atoms with Crippen molar-refractivity contribution < 1.29 is 27.5 Å². The molecular formula is C25H34BrN3O6S. The van der Waals surface area contributed by atoms with Crippen LogP contribution in [0.1, 0.15) is 33.3 Å². The van der Waals surface area contributed by atoms with E-state index < -0.39 is 34.1 Å². The Morgan fingerprint density at radius 2 is 1.67 bits per heavy atom. The van der Waals surface area contributed by atoms with Crippen molar-refractivity contribution >= 4 is 43.5 Å². The van der Waals surface area contributed by atoms with Crippen molar-refractivity contribution in [2.75, 3.05) is 31.3 Å². The van der Waals surface area contributed by atoms with Gasteiger partial charge in [0.2, 0.25) is 21.8 Å². The van der Waals surface area contributed by atoms with E-state index >= 15 is 0 Å². The van der Waals surface area contributed by atoms with E-state index in [0.29, 0.717) is 5.75 Å². The molecule has 9 nitrogen and oxygen atoms in total. The van der Waals surface area contributed by atoms with E-state index in [1.165, 1.54) is 25.2 Å². The van der Waals surface area contributed by atoms with Crippen LogP contribution >= 0.6 is 15.9 Å². The molecule has 1 atom stereocenters. The van der Waals surface area contributed by atoms with Crippen LogP contribution in [0.25, 0.3) is 0 Å². The van der Waals surface area contributed by atoms with Gasteiger partial charge < -0.3 is 19.7 Å². The standard InChI is InChI=1S/C25H34BrN3O6S/c1-17(24(31)27-25(2,3)4)28(15-18-8-10-19(26)11-9-18)23(30)16-29(36(7,32)33)21-14-20(34-5)12-13-22(21)35-6/h8-14,17H,15-16H2,1-7H3,(H,27,31)/t17-/m0/s1. The maximum absolute atomic E-state index is 13.7. The minimum Gasteiger partial charge on any atom is -0.497 e. The summed E-state index contributed by atoms with van der Waals surface area (Å²) < 4.78 is 38.1. The summed E-state index contributed by atoms with van der Waals surface area (Å²) in [5, 5.41) is 2.89. The first-order chi connectivity index (χ1) is 16.7. The average Bonchev–Trinajstić information content (AvgIpc) is 2.79. The van der Waals surface area contributed by atoms with Crippen LogP contribution in [-0.2, 0) is 26.2 Å². The van der Waals surface area contributed by atoms with Gasteiger partial charge in [-0.2, -0.15) is 0 Å². The number of rotatable bonds is 10. The van der Waals surface area contributed by atoms with Gasteiger partial charge in [0.05, 0.1) is 26.2 Å². The molecule has 0 saturated heterocycles. The van der Waals surface area contributed by atoms with Gasteiger partial charge in [-0.05, 0) is 57.5 Å². The molecule has 0 heterocycles. The lowest BCUT2D eigenvalue weighted by Crippen LogP contribution is -2.54. The Bertz CT molecular complexity index is 1180. The molecule has 36 heavy (non-hydrogen) atoms. The van der Waals surface area contributed by atoms with Gasteiger partial charge in [-0.15, -0.1) is 0 Å². The van der Waals surface area contributed by atoms with Crippen LogP contribution in [0.5, 0.6) is 11.5 Å². The van der Waals surface area contributed by atoms with Crippen LogP contribution in [0.3, 0.4) is 0 Å². The molecule has 0 bridgehead atoms. The Morgan fingerprint density at radius 3 is 2.17 bits per heavy atom. The number of hydrogen-bond acceptors (Lipinski definition) is 6. The van der Waals surface area contributed by atoms with Crippen molar-refractivity contribution in [2.24, 2.45) is 0 Å². The molecule has 2 rings (SSSR count). The molecule has 0 radical (unpaired) electrons. The number of amides is 2. The number of anilines is 1. The lowest BCUT2D eigenvalue weighted by Gasteiger charge is -2.33. The zero-order valence-electron chi connectivity index (χ0n) is 21.7. The number of nitrogens with zero attached hydrogens (tertiary/aromatic N) is 2. The first kappa shape index (κ1) is 29.4. The van der Waals surface area contributed by atoms with Crippen LogP contribution in [0.4, 0.5) is 5.69 Å². The number of halogens is 1. The molecule has 0 aliphatic rings. The minimum atomic E-state index is -3.91. The molecular weight excluding hydrogens is 550 g/mol. The van der Waals surface area contributed by atoms with Crippen molar-refractivity contribution in [3.8, 4) is 11.5 Å². The Hall–Kier alpha value is -2.79. The molecule has 0 aliphatic carbocycles. The third-order valence-corrected chi connectivity index (χ3v) is 6.92. The lowest BCUT2D eigenvalue weighted by molar-refractivity contribution is -0.140. The van der Waals surface area contributed by atoms with Crippen LogP contribution < -0.4 is 19.1 Å². The maximum Gasteiger partial charge on any atom is 0.244 e. The number of carbonyl (C=O) groups excluding carboxylic acids is 2. The van der Waals surface area contributed by atoms with Gasteiger partial charge in [-0.3, -0.25) is 13.9 Å². The summed E-state index contributed by atoms with van der Waals surface area (Å²) in [5.74, 6) is -0.244. The van der Waals surface area contributed by atoms with Gasteiger partial charge in [0.25, 0.3) is 0 Å². The third kappa shape index (κ3) is 8.12. The Morgan fingerprint density at radius 1 is 1.06 bits per heavy atom. The Kier molecular flexibility index (Phi) is 9.78. The predicted octanol–water partition coefficient (Wildman–Crippen LogP) is 3.56. The zero-order valence-corrected chi connectivity index (χ0v) is 24.1. The van der Waals surface area contributed by atoms with Crippen LogP contribution in [0, 0.1) is 0 Å². The Labute approximate surface area is 221 Å². The predicted molar refractivity (Wildman–Crippen MR) is 144 cm³/mol. The van der Waals surface area contributed by atoms with E-state index in [-0.39, 0.29) is 23.9 Å². The second-order valence-electron chi connectivity index (χ2n) is 9.37. The average molecular weight is 585 g/mol. The van der Waals surface area contributed by atoms with Crippen LogP contribution in [0.2, 0.25) is 0 Å². The zero-order chi connectivity index (χ0) is 27.3. The number of carbonyl (C=O) groups is 2. The first-order valence-electron chi connectivity index (χ1n) is 11.2. The van der Waals surface area contributed by atoms with Crippen molar-refractivity contribution in [3.05, 3.63) is 52.5 Å². The fraction of sp³-hybridized carbons (Fsp3) is 0.440. The van der Waals surface area contributed by atoms with E-state index in [1.54, 1.807) is 19.1 Å². The highest BCUT2D eigenvalue weighted by Crippen LogP contribution is 2.34. The molecule has 11 heteroatoms. The second-order valence-corrected chi connectivity index (χ2v) is 12.2. The third-order valence-electron chi connectivity index (χ3n) is 5.27. The van der Waals surface area contributed by atoms with Crippen molar-refractivity contribution in [1.29, 1.82) is 0 Å². The first-order valence-corrected chi connectivity index (χ1v) is 13.9. The summed E-state index contributed by atoms with van der Waals surface area (Å²) in [6.45, 7) is 6.73. The number of methoxy groups -OCH3 is 2. The van der Waals surface area contributed by atoms with Gasteiger partial charge in [0, 0.05) is 22.6 Å². The maximum atomic E-state index is 13.7. The van der Waals surface area contributed by atoms with Gasteiger partial charge in [-0.1, -0.05) is 28.1 Å². The smallest absolute Gasteiger partial charge is 0.244 e. The summed E-state index contributed by atoms with van der Waals surface area (Å²) in [6, 6.07) is 11.1. The SMILES string of the molecule is COc1ccc(OC)c(N(CC(=O)N(Cc2ccc(Br)cc2)[C@@H](C)C(=O)NC(C)(C)C)S(C)(=O)=O)c1. The summed E-state index contributed by atoms with van der Waals surface area (Å²) in [6.07, 6.45) is 1.01. The number of ether oxygens (including phenoxy) is 2. The molecule has 0 saturated carbocycles. The normalized spacial score (nSPS) is 12.4. The highest BCUT2D eigenvalue weighted by molar-refractivity contribution is 9.10. The molecule has 0 spiro atoms. The summed E-state index contributed by atoms with van der Waals surface area (Å²) >= 11 is 3.39. The topological polar surface area (TPSA) is 105 Å². The molecule has 198 valence electrons. The van der Waals surface area contributed by atoms with Crippen LogP contribution in [-0.4, -0.2) is 63.7 Å². The summed E-state index contributed by atoms with van der Waals surface area (Å²) in [5.41, 5.74) is 0.430. The molecule has 2 amide bonds. The van der Waals surface area contributed by atoms with Crippen molar-refractivity contribution in [3.63, 3.8) is 0 Å². The molecule has 2 aromatic rings. The number of benzene rings is 2. The van der Waals surface area contributed by atoms with E-state index in [0.717, 1.165) is 20.6 Å².